The minimum absolute atomic E-state index is 0.0232. The van der Waals surface area contributed by atoms with Crippen LogP contribution in [0.25, 0.3) is 0 Å². The van der Waals surface area contributed by atoms with Crippen LogP contribution < -0.4 is 11.1 Å². The Morgan fingerprint density at radius 1 is 1.48 bits per heavy atom. The van der Waals surface area contributed by atoms with Crippen molar-refractivity contribution in [2.24, 2.45) is 0 Å². The zero-order valence-electron chi connectivity index (χ0n) is 13.1. The van der Waals surface area contributed by atoms with E-state index in [1.807, 2.05) is 19.1 Å². The Labute approximate surface area is 126 Å². The molecule has 2 atom stereocenters. The predicted octanol–water partition coefficient (Wildman–Crippen LogP) is 2.02. The zero-order chi connectivity index (χ0) is 15.4. The lowest BCUT2D eigenvalue weighted by atomic mass is 10.1. The summed E-state index contributed by atoms with van der Waals surface area (Å²) < 4.78 is 5.60. The van der Waals surface area contributed by atoms with Gasteiger partial charge in [-0.25, -0.2) is 0 Å². The number of anilines is 2. The number of hydrogen-bond donors (Lipinski definition) is 2. The normalized spacial score (nSPS) is 23.0. The van der Waals surface area contributed by atoms with Gasteiger partial charge >= 0.3 is 0 Å². The van der Waals surface area contributed by atoms with Crippen LogP contribution in [0, 0.1) is 6.92 Å². The van der Waals surface area contributed by atoms with Gasteiger partial charge < -0.3 is 15.8 Å². The molecular weight excluding hydrogens is 266 g/mol. The summed E-state index contributed by atoms with van der Waals surface area (Å²) in [5.41, 5.74) is 8.23. The van der Waals surface area contributed by atoms with Crippen molar-refractivity contribution in [3.8, 4) is 0 Å². The second-order valence-corrected chi connectivity index (χ2v) is 5.86. The number of rotatable bonds is 4. The number of carbonyl (C=O) groups excluding carboxylic acids is 1. The van der Waals surface area contributed by atoms with Gasteiger partial charge in [0.1, 0.15) is 0 Å². The first-order valence-electron chi connectivity index (χ1n) is 7.47. The molecule has 0 spiro atoms. The van der Waals surface area contributed by atoms with Gasteiger partial charge in [-0.15, -0.1) is 0 Å². The second kappa shape index (κ2) is 6.91. The van der Waals surface area contributed by atoms with Gasteiger partial charge in [0.25, 0.3) is 0 Å². The minimum Gasteiger partial charge on any atom is -0.399 e. The maximum atomic E-state index is 12.1. The molecule has 1 aliphatic heterocycles. The molecule has 2 unspecified atom stereocenters. The van der Waals surface area contributed by atoms with Gasteiger partial charge in [-0.3, -0.25) is 9.69 Å². The molecule has 116 valence electrons. The molecule has 1 aliphatic rings. The maximum Gasteiger partial charge on any atom is 0.225 e. The molecule has 0 saturated carbocycles. The molecule has 5 heteroatoms. The Morgan fingerprint density at radius 2 is 2.24 bits per heavy atom. The molecule has 1 fully saturated rings. The summed E-state index contributed by atoms with van der Waals surface area (Å²) in [5, 5.41) is 2.94. The van der Waals surface area contributed by atoms with Crippen LogP contribution in [0.4, 0.5) is 11.4 Å². The fraction of sp³-hybridized carbons (Fsp3) is 0.562. The smallest absolute Gasteiger partial charge is 0.225 e. The number of nitrogens with two attached hydrogens (primary N) is 1. The van der Waals surface area contributed by atoms with E-state index in [-0.39, 0.29) is 12.0 Å². The molecule has 2 rings (SSSR count). The summed E-state index contributed by atoms with van der Waals surface area (Å²) in [5.74, 6) is 0.0232. The summed E-state index contributed by atoms with van der Waals surface area (Å²) >= 11 is 0. The van der Waals surface area contributed by atoms with Crippen molar-refractivity contribution in [3.05, 3.63) is 23.8 Å². The molecule has 1 aromatic rings. The topological polar surface area (TPSA) is 67.6 Å². The van der Waals surface area contributed by atoms with Crippen molar-refractivity contribution < 1.29 is 9.53 Å². The van der Waals surface area contributed by atoms with Crippen molar-refractivity contribution in [2.45, 2.75) is 39.3 Å². The highest BCUT2D eigenvalue weighted by atomic mass is 16.5. The van der Waals surface area contributed by atoms with Crippen molar-refractivity contribution in [2.75, 3.05) is 30.7 Å². The largest absolute Gasteiger partial charge is 0.399 e. The molecule has 1 saturated heterocycles. The van der Waals surface area contributed by atoms with E-state index in [9.17, 15) is 4.79 Å². The Kier molecular flexibility index (Phi) is 5.20. The predicted molar refractivity (Wildman–Crippen MR) is 85.3 cm³/mol. The van der Waals surface area contributed by atoms with E-state index >= 15 is 0 Å². The van der Waals surface area contributed by atoms with Gasteiger partial charge in [-0.1, -0.05) is 6.07 Å². The fourth-order valence-electron chi connectivity index (χ4n) is 2.52. The van der Waals surface area contributed by atoms with Crippen LogP contribution in [-0.4, -0.2) is 42.6 Å². The Hall–Kier alpha value is -1.59. The molecule has 0 aromatic heterocycles. The Balaban J connectivity index is 1.86. The average molecular weight is 291 g/mol. The molecule has 3 N–H and O–H groups in total. The Bertz CT molecular complexity index is 504. The molecule has 1 heterocycles. The lowest BCUT2D eigenvalue weighted by Crippen LogP contribution is -2.48. The second-order valence-electron chi connectivity index (χ2n) is 5.86. The van der Waals surface area contributed by atoms with Crippen LogP contribution in [0.1, 0.15) is 25.8 Å². The number of amides is 1. The van der Waals surface area contributed by atoms with E-state index in [0.29, 0.717) is 18.2 Å². The number of nitrogens with one attached hydrogen (secondary N) is 1. The number of carbonyl (C=O) groups is 1. The number of aryl methyl sites for hydroxylation is 1. The number of morpholine rings is 1. The first-order chi connectivity index (χ1) is 9.95. The molecule has 0 radical (unpaired) electrons. The van der Waals surface area contributed by atoms with Crippen LogP contribution in [-0.2, 0) is 9.53 Å². The van der Waals surface area contributed by atoms with Crippen molar-refractivity contribution in [3.63, 3.8) is 0 Å². The highest BCUT2D eigenvalue weighted by Gasteiger charge is 2.23. The molecular formula is C16H25N3O2. The Morgan fingerprint density at radius 3 is 3.00 bits per heavy atom. The fourth-order valence-corrected chi connectivity index (χ4v) is 2.52. The monoisotopic (exact) mass is 291 g/mol. The molecule has 0 aliphatic carbocycles. The molecule has 0 bridgehead atoms. The van der Waals surface area contributed by atoms with E-state index < -0.39 is 0 Å². The number of nitrogens with zero attached hydrogens (tertiary/aromatic N) is 1. The van der Waals surface area contributed by atoms with Crippen LogP contribution in [0.15, 0.2) is 18.2 Å². The summed E-state index contributed by atoms with van der Waals surface area (Å²) in [6.07, 6.45) is 0.714. The number of benzene rings is 1. The van der Waals surface area contributed by atoms with E-state index in [4.69, 9.17) is 10.5 Å². The number of ether oxygens (including phenoxy) is 1. The average Bonchev–Trinajstić information content (AvgIpc) is 2.44. The summed E-state index contributed by atoms with van der Waals surface area (Å²) in [6.45, 7) is 8.52. The summed E-state index contributed by atoms with van der Waals surface area (Å²) in [7, 11) is 0. The number of nitrogen functional groups attached to an aromatic ring is 1. The van der Waals surface area contributed by atoms with E-state index in [1.54, 1.807) is 6.07 Å². The summed E-state index contributed by atoms with van der Waals surface area (Å²) in [6, 6.07) is 5.91. The van der Waals surface area contributed by atoms with Crippen LogP contribution in [0.2, 0.25) is 0 Å². The van der Waals surface area contributed by atoms with E-state index in [1.165, 1.54) is 0 Å². The number of hydrogen-bond acceptors (Lipinski definition) is 4. The standard InChI is InChI=1S/C16H25N3O2/c1-11-4-5-14(17)8-15(11)18-16(20)6-7-19-9-13(3)21-10-12(19)2/h4-5,8,12-13H,6-7,9-10,17H2,1-3H3,(H,18,20). The van der Waals surface area contributed by atoms with Gasteiger partial charge in [0.15, 0.2) is 0 Å². The van der Waals surface area contributed by atoms with Crippen LogP contribution >= 0.6 is 0 Å². The molecule has 5 nitrogen and oxygen atoms in total. The van der Waals surface area contributed by atoms with E-state index in [2.05, 4.69) is 24.1 Å². The van der Waals surface area contributed by atoms with Gasteiger partial charge in [0, 0.05) is 36.9 Å². The highest BCUT2D eigenvalue weighted by molar-refractivity contribution is 5.92. The molecule has 1 aromatic carbocycles. The maximum absolute atomic E-state index is 12.1. The first kappa shape index (κ1) is 15.8. The van der Waals surface area contributed by atoms with Gasteiger partial charge in [0.2, 0.25) is 5.91 Å². The van der Waals surface area contributed by atoms with Crippen LogP contribution in [0.5, 0.6) is 0 Å². The van der Waals surface area contributed by atoms with Crippen LogP contribution in [0.3, 0.4) is 0 Å². The lowest BCUT2D eigenvalue weighted by molar-refractivity contribution is -0.117. The van der Waals surface area contributed by atoms with Crippen molar-refractivity contribution >= 4 is 17.3 Å². The quantitative estimate of drug-likeness (QED) is 0.833. The molecule has 1 amide bonds. The van der Waals surface area contributed by atoms with Gasteiger partial charge in [-0.05, 0) is 38.5 Å². The molecule has 21 heavy (non-hydrogen) atoms. The zero-order valence-corrected chi connectivity index (χ0v) is 13.1. The third-order valence-corrected chi connectivity index (χ3v) is 3.90. The van der Waals surface area contributed by atoms with Crippen molar-refractivity contribution in [1.29, 1.82) is 0 Å². The van der Waals surface area contributed by atoms with Gasteiger partial charge in [0.05, 0.1) is 12.7 Å². The highest BCUT2D eigenvalue weighted by Crippen LogP contribution is 2.18. The van der Waals surface area contributed by atoms with Crippen molar-refractivity contribution in [1.82, 2.24) is 4.90 Å². The van der Waals surface area contributed by atoms with E-state index in [0.717, 1.165) is 30.9 Å². The lowest BCUT2D eigenvalue weighted by Gasteiger charge is -2.36. The SMILES string of the molecule is Cc1ccc(N)cc1NC(=O)CCN1CC(C)OCC1C. The first-order valence-corrected chi connectivity index (χ1v) is 7.47. The minimum atomic E-state index is 0.0232. The third-order valence-electron chi connectivity index (χ3n) is 3.90. The van der Waals surface area contributed by atoms with Gasteiger partial charge in [-0.2, -0.15) is 0 Å². The summed E-state index contributed by atoms with van der Waals surface area (Å²) in [4.78, 5) is 14.4. The third kappa shape index (κ3) is 4.44.